The summed E-state index contributed by atoms with van der Waals surface area (Å²) in [6.07, 6.45) is 1.99. The Kier molecular flexibility index (Phi) is 4.47. The van der Waals surface area contributed by atoms with Gasteiger partial charge in [-0.1, -0.05) is 43.7 Å². The molecule has 1 aliphatic heterocycles. The molecule has 3 rings (SSSR count). The van der Waals surface area contributed by atoms with Gasteiger partial charge < -0.3 is 15.0 Å². The van der Waals surface area contributed by atoms with Crippen LogP contribution in [-0.2, 0) is 5.66 Å². The van der Waals surface area contributed by atoms with E-state index in [1.165, 1.54) is 0 Å². The van der Waals surface area contributed by atoms with E-state index in [0.29, 0.717) is 6.54 Å². The number of amides is 1. The number of ether oxygens (including phenoxy) is 1. The molecule has 0 saturated heterocycles. The molecule has 2 aromatic carbocycles. The molecule has 0 fully saturated rings. The second-order valence-electron chi connectivity index (χ2n) is 6.25. The summed E-state index contributed by atoms with van der Waals surface area (Å²) in [5, 5.41) is 3.58. The van der Waals surface area contributed by atoms with Gasteiger partial charge in [0.15, 0.2) is 0 Å². The maximum Gasteiger partial charge on any atom is 0.258 e. The molecule has 4 heteroatoms. The van der Waals surface area contributed by atoms with Gasteiger partial charge in [-0.15, -0.1) is 0 Å². The predicted molar refractivity (Wildman–Crippen MR) is 96.4 cm³/mol. The topological polar surface area (TPSA) is 41.6 Å². The first-order chi connectivity index (χ1) is 11.6. The minimum absolute atomic E-state index is 0.0613. The zero-order chi connectivity index (χ0) is 17.2. The largest absolute Gasteiger partial charge is 0.496 e. The summed E-state index contributed by atoms with van der Waals surface area (Å²) in [5.74, 6) is 0.840. The van der Waals surface area contributed by atoms with Crippen LogP contribution in [0.1, 0.15) is 42.6 Å². The van der Waals surface area contributed by atoms with Crippen molar-refractivity contribution in [2.24, 2.45) is 0 Å². The van der Waals surface area contributed by atoms with Crippen LogP contribution in [0, 0.1) is 0 Å². The van der Waals surface area contributed by atoms with E-state index >= 15 is 0 Å². The summed E-state index contributed by atoms with van der Waals surface area (Å²) in [6, 6.07) is 15.6. The number of benzene rings is 2. The smallest absolute Gasteiger partial charge is 0.258 e. The number of hydrogen-bond acceptors (Lipinski definition) is 3. The third-order valence-corrected chi connectivity index (χ3v) is 4.69. The lowest BCUT2D eigenvalue weighted by Gasteiger charge is -2.47. The zero-order valence-corrected chi connectivity index (χ0v) is 14.5. The van der Waals surface area contributed by atoms with Gasteiger partial charge in [0.1, 0.15) is 11.4 Å². The van der Waals surface area contributed by atoms with Crippen LogP contribution in [0.25, 0.3) is 0 Å². The van der Waals surface area contributed by atoms with Crippen molar-refractivity contribution in [3.05, 3.63) is 59.7 Å². The number of para-hydroxylation sites is 2. The summed E-state index contributed by atoms with van der Waals surface area (Å²) >= 11 is 0. The van der Waals surface area contributed by atoms with Crippen LogP contribution in [-0.4, -0.2) is 24.5 Å². The summed E-state index contributed by atoms with van der Waals surface area (Å²) in [7, 11) is 1.66. The van der Waals surface area contributed by atoms with E-state index in [-0.39, 0.29) is 5.91 Å². The van der Waals surface area contributed by atoms with Crippen molar-refractivity contribution >= 4 is 11.6 Å². The average molecular weight is 324 g/mol. The number of nitrogens with one attached hydrogen (secondary N) is 1. The number of carbonyl (C=O) groups is 1. The summed E-state index contributed by atoms with van der Waals surface area (Å²) in [4.78, 5) is 15.1. The second kappa shape index (κ2) is 6.56. The van der Waals surface area contributed by atoms with Gasteiger partial charge in [0.05, 0.1) is 12.7 Å². The molecule has 0 radical (unpaired) electrons. The molecule has 0 aliphatic carbocycles. The lowest BCUT2D eigenvalue weighted by molar-refractivity contribution is 0.0526. The molecule has 0 spiro atoms. The molecule has 1 N–H and O–H groups in total. The molecule has 1 aliphatic rings. The SMILES string of the molecule is CCCCN1C(=O)c2ccccc2NC1(C)c1ccccc1OC. The van der Waals surface area contributed by atoms with E-state index < -0.39 is 5.66 Å². The highest BCUT2D eigenvalue weighted by molar-refractivity contribution is 6.02. The number of anilines is 1. The molecule has 0 saturated carbocycles. The van der Waals surface area contributed by atoms with E-state index in [2.05, 4.69) is 12.2 Å². The van der Waals surface area contributed by atoms with Crippen LogP contribution >= 0.6 is 0 Å². The fourth-order valence-electron chi connectivity index (χ4n) is 3.36. The van der Waals surface area contributed by atoms with E-state index in [4.69, 9.17) is 4.74 Å². The van der Waals surface area contributed by atoms with Crippen LogP contribution in [0.3, 0.4) is 0 Å². The molecule has 4 nitrogen and oxygen atoms in total. The highest BCUT2D eigenvalue weighted by Gasteiger charge is 2.43. The summed E-state index contributed by atoms with van der Waals surface area (Å²) < 4.78 is 5.56. The third-order valence-electron chi connectivity index (χ3n) is 4.69. The molecule has 126 valence electrons. The van der Waals surface area contributed by atoms with E-state index in [1.807, 2.05) is 60.4 Å². The zero-order valence-electron chi connectivity index (χ0n) is 14.5. The van der Waals surface area contributed by atoms with Crippen molar-refractivity contribution in [1.82, 2.24) is 4.90 Å². The Morgan fingerprint density at radius 3 is 2.58 bits per heavy atom. The molecular formula is C20H24N2O2. The van der Waals surface area contributed by atoms with Gasteiger partial charge in [-0.3, -0.25) is 4.79 Å². The van der Waals surface area contributed by atoms with Crippen molar-refractivity contribution < 1.29 is 9.53 Å². The van der Waals surface area contributed by atoms with Crippen molar-refractivity contribution in [2.45, 2.75) is 32.4 Å². The van der Waals surface area contributed by atoms with Gasteiger partial charge in [-0.2, -0.15) is 0 Å². The van der Waals surface area contributed by atoms with Crippen molar-refractivity contribution in [3.8, 4) is 5.75 Å². The fourth-order valence-corrected chi connectivity index (χ4v) is 3.36. The molecule has 0 bridgehead atoms. The highest BCUT2D eigenvalue weighted by atomic mass is 16.5. The first kappa shape index (κ1) is 16.4. The minimum Gasteiger partial charge on any atom is -0.496 e. The summed E-state index contributed by atoms with van der Waals surface area (Å²) in [6.45, 7) is 4.88. The van der Waals surface area contributed by atoms with Crippen molar-refractivity contribution in [3.63, 3.8) is 0 Å². The quantitative estimate of drug-likeness (QED) is 0.894. The van der Waals surface area contributed by atoms with Gasteiger partial charge in [-0.05, 0) is 31.5 Å². The third kappa shape index (κ3) is 2.62. The molecule has 24 heavy (non-hydrogen) atoms. The van der Waals surface area contributed by atoms with Crippen LogP contribution < -0.4 is 10.1 Å². The monoisotopic (exact) mass is 324 g/mol. The van der Waals surface area contributed by atoms with Gasteiger partial charge in [0.2, 0.25) is 0 Å². The van der Waals surface area contributed by atoms with Crippen LogP contribution in [0.5, 0.6) is 5.75 Å². The molecule has 1 unspecified atom stereocenters. The number of methoxy groups -OCH3 is 1. The summed E-state index contributed by atoms with van der Waals surface area (Å²) in [5.41, 5.74) is 1.91. The minimum atomic E-state index is -0.646. The molecule has 0 aromatic heterocycles. The van der Waals surface area contributed by atoms with Crippen molar-refractivity contribution in [2.75, 3.05) is 19.0 Å². The number of unbranched alkanes of at least 4 members (excludes halogenated alkanes) is 1. The molecule has 1 heterocycles. The van der Waals surface area contributed by atoms with Gasteiger partial charge >= 0.3 is 0 Å². The van der Waals surface area contributed by atoms with Crippen LogP contribution in [0.4, 0.5) is 5.69 Å². The lowest BCUT2D eigenvalue weighted by atomic mass is 9.92. The Labute approximate surface area is 143 Å². The maximum absolute atomic E-state index is 13.2. The first-order valence-electron chi connectivity index (χ1n) is 8.44. The van der Waals surface area contributed by atoms with Crippen molar-refractivity contribution in [1.29, 1.82) is 0 Å². The normalized spacial score (nSPS) is 19.6. The van der Waals surface area contributed by atoms with Gasteiger partial charge in [0, 0.05) is 17.8 Å². The van der Waals surface area contributed by atoms with Crippen LogP contribution in [0.15, 0.2) is 48.5 Å². The first-order valence-corrected chi connectivity index (χ1v) is 8.44. The number of fused-ring (bicyclic) bond motifs is 1. The van der Waals surface area contributed by atoms with Crippen LogP contribution in [0.2, 0.25) is 0 Å². The average Bonchev–Trinajstić information content (AvgIpc) is 2.61. The Balaban J connectivity index is 2.14. The molecule has 2 aromatic rings. The number of hydrogen-bond donors (Lipinski definition) is 1. The Morgan fingerprint density at radius 1 is 1.12 bits per heavy atom. The van der Waals surface area contributed by atoms with E-state index in [9.17, 15) is 4.79 Å². The predicted octanol–water partition coefficient (Wildman–Crippen LogP) is 4.24. The molecule has 1 atom stereocenters. The second-order valence-corrected chi connectivity index (χ2v) is 6.25. The van der Waals surface area contributed by atoms with E-state index in [0.717, 1.165) is 35.4 Å². The Morgan fingerprint density at radius 2 is 1.83 bits per heavy atom. The van der Waals surface area contributed by atoms with E-state index in [1.54, 1.807) is 7.11 Å². The number of rotatable bonds is 5. The number of carbonyl (C=O) groups excluding carboxylic acids is 1. The highest BCUT2D eigenvalue weighted by Crippen LogP contribution is 2.41. The Hall–Kier alpha value is -2.49. The molecular weight excluding hydrogens is 300 g/mol. The fraction of sp³-hybridized carbons (Fsp3) is 0.350. The van der Waals surface area contributed by atoms with Gasteiger partial charge in [-0.25, -0.2) is 0 Å². The standard InChI is InChI=1S/C20H24N2O2/c1-4-5-14-22-19(23)15-10-6-8-12-17(15)21-20(22,2)16-11-7-9-13-18(16)24-3/h6-13,21H,4-5,14H2,1-3H3. The molecule has 1 amide bonds. The van der Waals surface area contributed by atoms with Gasteiger partial charge in [0.25, 0.3) is 5.91 Å². The lowest BCUT2D eigenvalue weighted by Crippen LogP contribution is -2.56. The Bertz CT molecular complexity index is 744. The number of nitrogens with zero attached hydrogens (tertiary/aromatic N) is 1. The maximum atomic E-state index is 13.2.